The van der Waals surface area contributed by atoms with Crippen LogP contribution in [0, 0.1) is 5.41 Å². The summed E-state index contributed by atoms with van der Waals surface area (Å²) < 4.78 is 10.4. The Kier molecular flexibility index (Phi) is 6.22. The molecule has 3 nitrogen and oxygen atoms in total. The highest BCUT2D eigenvalue weighted by molar-refractivity contribution is 4.81. The predicted octanol–water partition coefficient (Wildman–Crippen LogP) is 1.98. The van der Waals surface area contributed by atoms with Crippen molar-refractivity contribution in [1.29, 1.82) is 0 Å². The van der Waals surface area contributed by atoms with E-state index in [1.807, 2.05) is 0 Å². The Morgan fingerprint density at radius 2 is 1.80 bits per heavy atom. The molecule has 90 valence electrons. The van der Waals surface area contributed by atoms with E-state index in [4.69, 9.17) is 9.47 Å². The zero-order valence-corrected chi connectivity index (χ0v) is 9.83. The third-order valence-electron chi connectivity index (χ3n) is 3.46. The number of ether oxygens (including phenoxy) is 2. The second kappa shape index (κ2) is 7.20. The van der Waals surface area contributed by atoms with Gasteiger partial charge in [0.25, 0.3) is 0 Å². The minimum atomic E-state index is 0.158. The first-order valence-corrected chi connectivity index (χ1v) is 6.00. The van der Waals surface area contributed by atoms with Gasteiger partial charge < -0.3 is 14.6 Å². The van der Waals surface area contributed by atoms with Crippen LogP contribution in [0.25, 0.3) is 0 Å². The molecule has 0 aromatic rings. The summed E-state index contributed by atoms with van der Waals surface area (Å²) in [7, 11) is 1.68. The van der Waals surface area contributed by atoms with Crippen LogP contribution < -0.4 is 0 Å². The van der Waals surface area contributed by atoms with E-state index in [-0.39, 0.29) is 5.41 Å². The van der Waals surface area contributed by atoms with Gasteiger partial charge in [0.05, 0.1) is 13.2 Å². The topological polar surface area (TPSA) is 38.7 Å². The molecule has 0 saturated heterocycles. The van der Waals surface area contributed by atoms with Gasteiger partial charge in [-0.1, -0.05) is 19.3 Å². The first kappa shape index (κ1) is 12.9. The molecule has 0 bridgehead atoms. The first-order chi connectivity index (χ1) is 7.33. The lowest BCUT2D eigenvalue weighted by molar-refractivity contribution is 0.0172. The molecule has 1 saturated carbocycles. The van der Waals surface area contributed by atoms with Crippen LogP contribution in [0.15, 0.2) is 0 Å². The zero-order valence-electron chi connectivity index (χ0n) is 9.83. The van der Waals surface area contributed by atoms with Crippen LogP contribution in [0.3, 0.4) is 0 Å². The SMILES string of the molecule is COCCOCCC1(CO)CCCCC1. The third kappa shape index (κ3) is 4.49. The van der Waals surface area contributed by atoms with E-state index in [0.29, 0.717) is 19.8 Å². The Bertz CT molecular complexity index is 153. The molecular formula is C12H24O3. The molecule has 1 aliphatic carbocycles. The minimum absolute atomic E-state index is 0.158. The van der Waals surface area contributed by atoms with Crippen LogP contribution in [0.2, 0.25) is 0 Å². The fourth-order valence-corrected chi connectivity index (χ4v) is 2.32. The van der Waals surface area contributed by atoms with Crippen molar-refractivity contribution in [2.75, 3.05) is 33.5 Å². The summed E-state index contributed by atoms with van der Waals surface area (Å²) in [6.45, 7) is 2.40. The molecule has 1 N–H and O–H groups in total. The number of rotatable bonds is 7. The number of hydrogen-bond donors (Lipinski definition) is 1. The maximum Gasteiger partial charge on any atom is 0.0700 e. The maximum atomic E-state index is 9.46. The molecule has 0 aromatic heterocycles. The van der Waals surface area contributed by atoms with Crippen molar-refractivity contribution in [3.8, 4) is 0 Å². The second-order valence-electron chi connectivity index (χ2n) is 4.57. The van der Waals surface area contributed by atoms with Gasteiger partial charge in [0, 0.05) is 20.3 Å². The molecule has 0 heterocycles. The second-order valence-corrected chi connectivity index (χ2v) is 4.57. The quantitative estimate of drug-likeness (QED) is 0.661. The summed E-state index contributed by atoms with van der Waals surface area (Å²) in [4.78, 5) is 0. The van der Waals surface area contributed by atoms with Gasteiger partial charge in [0.15, 0.2) is 0 Å². The van der Waals surface area contributed by atoms with E-state index in [1.165, 1.54) is 19.3 Å². The molecule has 0 radical (unpaired) electrons. The molecule has 0 aliphatic heterocycles. The average Bonchev–Trinajstić information content (AvgIpc) is 2.30. The van der Waals surface area contributed by atoms with Crippen LogP contribution in [0.4, 0.5) is 0 Å². The van der Waals surface area contributed by atoms with E-state index in [2.05, 4.69) is 0 Å². The van der Waals surface area contributed by atoms with E-state index in [0.717, 1.165) is 25.9 Å². The number of hydrogen-bond acceptors (Lipinski definition) is 3. The van der Waals surface area contributed by atoms with E-state index in [1.54, 1.807) is 7.11 Å². The van der Waals surface area contributed by atoms with Crippen molar-refractivity contribution in [3.63, 3.8) is 0 Å². The molecule has 15 heavy (non-hydrogen) atoms. The smallest absolute Gasteiger partial charge is 0.0700 e. The number of aliphatic hydroxyl groups excluding tert-OH is 1. The van der Waals surface area contributed by atoms with Crippen LogP contribution in [-0.4, -0.2) is 38.6 Å². The standard InChI is InChI=1S/C12H24O3/c1-14-9-10-15-8-7-12(11-13)5-3-2-4-6-12/h13H,2-11H2,1H3. The summed E-state index contributed by atoms with van der Waals surface area (Å²) in [5.41, 5.74) is 0.158. The highest BCUT2D eigenvalue weighted by Crippen LogP contribution is 2.38. The Balaban J connectivity index is 2.15. The monoisotopic (exact) mass is 216 g/mol. The average molecular weight is 216 g/mol. The molecule has 0 amide bonds. The summed E-state index contributed by atoms with van der Waals surface area (Å²) in [6, 6.07) is 0. The Hall–Kier alpha value is -0.120. The maximum absolute atomic E-state index is 9.46. The first-order valence-electron chi connectivity index (χ1n) is 6.00. The Morgan fingerprint density at radius 1 is 1.07 bits per heavy atom. The zero-order chi connectivity index (χ0) is 11.0. The lowest BCUT2D eigenvalue weighted by Crippen LogP contribution is -2.30. The van der Waals surface area contributed by atoms with E-state index in [9.17, 15) is 5.11 Å². The van der Waals surface area contributed by atoms with Gasteiger partial charge in [-0.3, -0.25) is 0 Å². The Labute approximate surface area is 92.8 Å². The van der Waals surface area contributed by atoms with Gasteiger partial charge in [-0.15, -0.1) is 0 Å². The van der Waals surface area contributed by atoms with Crippen LogP contribution in [0.5, 0.6) is 0 Å². The van der Waals surface area contributed by atoms with Gasteiger partial charge in [0.1, 0.15) is 0 Å². The van der Waals surface area contributed by atoms with Crippen molar-refractivity contribution >= 4 is 0 Å². The molecule has 1 aliphatic rings. The predicted molar refractivity (Wildman–Crippen MR) is 59.9 cm³/mol. The molecule has 1 fully saturated rings. The molecule has 0 spiro atoms. The van der Waals surface area contributed by atoms with Crippen molar-refractivity contribution in [2.24, 2.45) is 5.41 Å². The van der Waals surface area contributed by atoms with Gasteiger partial charge in [-0.25, -0.2) is 0 Å². The van der Waals surface area contributed by atoms with E-state index >= 15 is 0 Å². The van der Waals surface area contributed by atoms with Crippen LogP contribution in [0.1, 0.15) is 38.5 Å². The summed E-state index contributed by atoms with van der Waals surface area (Å²) in [5, 5.41) is 9.46. The fraction of sp³-hybridized carbons (Fsp3) is 1.00. The number of methoxy groups -OCH3 is 1. The lowest BCUT2D eigenvalue weighted by Gasteiger charge is -2.35. The van der Waals surface area contributed by atoms with Gasteiger partial charge in [-0.05, 0) is 24.7 Å². The normalized spacial score (nSPS) is 20.4. The molecule has 3 heteroatoms. The van der Waals surface area contributed by atoms with Crippen molar-refractivity contribution < 1.29 is 14.6 Å². The fourth-order valence-electron chi connectivity index (χ4n) is 2.32. The summed E-state index contributed by atoms with van der Waals surface area (Å²) in [5.74, 6) is 0. The highest BCUT2D eigenvalue weighted by Gasteiger charge is 2.30. The third-order valence-corrected chi connectivity index (χ3v) is 3.46. The van der Waals surface area contributed by atoms with Crippen molar-refractivity contribution in [2.45, 2.75) is 38.5 Å². The Morgan fingerprint density at radius 3 is 2.40 bits per heavy atom. The highest BCUT2D eigenvalue weighted by atomic mass is 16.5. The van der Waals surface area contributed by atoms with Crippen LogP contribution in [-0.2, 0) is 9.47 Å². The van der Waals surface area contributed by atoms with Crippen molar-refractivity contribution in [1.82, 2.24) is 0 Å². The number of aliphatic hydroxyl groups is 1. The van der Waals surface area contributed by atoms with Gasteiger partial charge in [-0.2, -0.15) is 0 Å². The lowest BCUT2D eigenvalue weighted by atomic mass is 9.73. The minimum Gasteiger partial charge on any atom is -0.396 e. The van der Waals surface area contributed by atoms with Crippen molar-refractivity contribution in [3.05, 3.63) is 0 Å². The molecular weight excluding hydrogens is 192 g/mol. The molecule has 0 unspecified atom stereocenters. The summed E-state index contributed by atoms with van der Waals surface area (Å²) in [6.07, 6.45) is 7.17. The molecule has 0 aromatic carbocycles. The summed E-state index contributed by atoms with van der Waals surface area (Å²) >= 11 is 0. The van der Waals surface area contributed by atoms with Gasteiger partial charge >= 0.3 is 0 Å². The van der Waals surface area contributed by atoms with Gasteiger partial charge in [0.2, 0.25) is 0 Å². The molecule has 0 atom stereocenters. The molecule has 1 rings (SSSR count). The van der Waals surface area contributed by atoms with Crippen LogP contribution >= 0.6 is 0 Å². The van der Waals surface area contributed by atoms with E-state index < -0.39 is 0 Å². The largest absolute Gasteiger partial charge is 0.396 e.